The molecule has 5 unspecified atom stereocenters. The number of Topliss-reactive ketones (excluding diaryl/α,β-unsaturated/α-hetero) is 1. The topological polar surface area (TPSA) is 26.3 Å². The van der Waals surface area contributed by atoms with E-state index >= 15 is 0 Å². The number of ether oxygens (including phenoxy) is 1. The zero-order valence-electron chi connectivity index (χ0n) is 16.6. The maximum absolute atomic E-state index is 14.7. The zero-order valence-corrected chi connectivity index (χ0v) is 16.6. The minimum Gasteiger partial charge on any atom is -0.378 e. The minimum atomic E-state index is -1.71. The van der Waals surface area contributed by atoms with E-state index in [2.05, 4.69) is 6.92 Å². The van der Waals surface area contributed by atoms with Crippen molar-refractivity contribution in [3.8, 4) is 0 Å². The molecule has 0 aromatic rings. The fourth-order valence-electron chi connectivity index (χ4n) is 5.93. The largest absolute Gasteiger partial charge is 0.378 e. The van der Waals surface area contributed by atoms with Crippen molar-refractivity contribution in [1.29, 1.82) is 0 Å². The van der Waals surface area contributed by atoms with Crippen molar-refractivity contribution in [2.45, 2.75) is 90.1 Å². The highest BCUT2D eigenvalue weighted by Crippen LogP contribution is 2.44. The summed E-state index contributed by atoms with van der Waals surface area (Å²) in [6, 6.07) is 0. The molecule has 26 heavy (non-hydrogen) atoms. The van der Waals surface area contributed by atoms with Gasteiger partial charge in [-0.2, -0.15) is 0 Å². The summed E-state index contributed by atoms with van der Waals surface area (Å²) < 4.78 is 34.0. The van der Waals surface area contributed by atoms with Gasteiger partial charge in [-0.25, -0.2) is 8.78 Å². The van der Waals surface area contributed by atoms with Crippen LogP contribution in [0.4, 0.5) is 8.78 Å². The third kappa shape index (κ3) is 4.15. The molecule has 0 aromatic carbocycles. The molecule has 2 nitrogen and oxygen atoms in total. The molecule has 0 amide bonds. The summed E-state index contributed by atoms with van der Waals surface area (Å²) in [6.07, 6.45) is 5.60. The maximum atomic E-state index is 14.7. The monoisotopic (exact) mass is 370 g/mol. The van der Waals surface area contributed by atoms with Gasteiger partial charge in [-0.15, -0.1) is 0 Å². The van der Waals surface area contributed by atoms with E-state index < -0.39 is 24.4 Å². The van der Waals surface area contributed by atoms with Crippen LogP contribution >= 0.6 is 0 Å². The first-order valence-electron chi connectivity index (χ1n) is 10.8. The summed E-state index contributed by atoms with van der Waals surface area (Å²) in [6.45, 7) is 4.22. The van der Waals surface area contributed by atoms with Crippen molar-refractivity contribution in [3.05, 3.63) is 0 Å². The highest BCUT2D eigenvalue weighted by molar-refractivity contribution is 5.84. The van der Waals surface area contributed by atoms with E-state index in [1.165, 1.54) is 32.8 Å². The lowest BCUT2D eigenvalue weighted by molar-refractivity contribution is -0.142. The third-order valence-corrected chi connectivity index (χ3v) is 7.75. The molecule has 0 radical (unpaired) electrons. The van der Waals surface area contributed by atoms with Crippen LogP contribution in [0.25, 0.3) is 0 Å². The Kier molecular flexibility index (Phi) is 6.74. The predicted molar refractivity (Wildman–Crippen MR) is 99.4 cm³/mol. The molecule has 0 N–H and O–H groups in total. The van der Waals surface area contributed by atoms with Gasteiger partial charge in [-0.3, -0.25) is 4.79 Å². The molecule has 0 heterocycles. The number of hydrogen-bond acceptors (Lipinski definition) is 2. The van der Waals surface area contributed by atoms with Crippen molar-refractivity contribution in [3.63, 3.8) is 0 Å². The quantitative estimate of drug-likeness (QED) is 0.650. The molecule has 3 fully saturated rings. The van der Waals surface area contributed by atoms with Gasteiger partial charge in [0.1, 0.15) is 12.0 Å². The molecule has 5 atom stereocenters. The molecule has 0 bridgehead atoms. The van der Waals surface area contributed by atoms with Crippen molar-refractivity contribution in [2.24, 2.45) is 35.5 Å². The van der Waals surface area contributed by atoms with Crippen molar-refractivity contribution >= 4 is 5.78 Å². The number of hydrogen-bond donors (Lipinski definition) is 0. The van der Waals surface area contributed by atoms with Crippen LogP contribution in [0.2, 0.25) is 0 Å². The Labute approximate surface area is 157 Å². The van der Waals surface area contributed by atoms with Crippen molar-refractivity contribution in [1.82, 2.24) is 0 Å². The van der Waals surface area contributed by atoms with Gasteiger partial charge >= 0.3 is 0 Å². The number of carbonyl (C=O) groups excluding carboxylic acids is 1. The molecule has 4 heteroatoms. The molecule has 3 saturated carbocycles. The second kappa shape index (κ2) is 8.67. The van der Waals surface area contributed by atoms with Gasteiger partial charge in [0, 0.05) is 13.0 Å². The number of methoxy groups -OCH3 is 1. The highest BCUT2D eigenvalue weighted by atomic mass is 19.2. The van der Waals surface area contributed by atoms with Crippen molar-refractivity contribution < 1.29 is 18.3 Å². The number of rotatable bonds is 4. The molecule has 3 aliphatic carbocycles. The van der Waals surface area contributed by atoms with E-state index in [9.17, 15) is 13.6 Å². The molecular weight excluding hydrogens is 334 g/mol. The van der Waals surface area contributed by atoms with E-state index in [1.807, 2.05) is 6.92 Å². The van der Waals surface area contributed by atoms with Crippen LogP contribution in [0.3, 0.4) is 0 Å². The molecule has 150 valence electrons. The Bertz CT molecular complexity index is 467. The Morgan fingerprint density at radius 3 is 1.92 bits per heavy atom. The summed E-state index contributed by atoms with van der Waals surface area (Å²) in [5, 5.41) is 0. The molecular formula is C22H36F2O2. The normalized spacial score (nSPS) is 47.5. The summed E-state index contributed by atoms with van der Waals surface area (Å²) in [4.78, 5) is 13.0. The molecule has 0 aromatic heterocycles. The fraction of sp³-hybridized carbons (Fsp3) is 0.955. The van der Waals surface area contributed by atoms with E-state index in [1.54, 1.807) is 0 Å². The number of ketones is 1. The highest BCUT2D eigenvalue weighted by Gasteiger charge is 2.49. The van der Waals surface area contributed by atoms with Gasteiger partial charge < -0.3 is 4.74 Å². The van der Waals surface area contributed by atoms with Crippen LogP contribution in [0.5, 0.6) is 0 Å². The van der Waals surface area contributed by atoms with Crippen LogP contribution in [-0.4, -0.2) is 31.3 Å². The molecule has 0 aliphatic heterocycles. The smallest absolute Gasteiger partial charge is 0.158 e. The average molecular weight is 371 g/mol. The molecule has 0 saturated heterocycles. The Balaban J connectivity index is 1.55. The van der Waals surface area contributed by atoms with Gasteiger partial charge in [-0.05, 0) is 68.6 Å². The number of carbonyl (C=O) groups is 1. The minimum absolute atomic E-state index is 0.0158. The Morgan fingerprint density at radius 2 is 1.38 bits per heavy atom. The summed E-state index contributed by atoms with van der Waals surface area (Å²) in [7, 11) is 1.42. The van der Waals surface area contributed by atoms with Crippen LogP contribution < -0.4 is 0 Å². The first-order chi connectivity index (χ1) is 12.4. The number of alkyl halides is 2. The van der Waals surface area contributed by atoms with E-state index in [0.29, 0.717) is 6.42 Å². The standard InChI is InChI=1S/C22H36F2O2/c1-13-4-6-15(7-5-13)16-8-10-17(11-9-16)22(25)19-14(2)12-18(26-3)20(23)21(19)24/h13-21H,4-12H2,1-3H3. The lowest BCUT2D eigenvalue weighted by atomic mass is 9.65. The first-order valence-corrected chi connectivity index (χ1v) is 10.8. The molecule has 3 aliphatic rings. The van der Waals surface area contributed by atoms with Crippen LogP contribution in [0.1, 0.15) is 71.6 Å². The van der Waals surface area contributed by atoms with Gasteiger partial charge in [0.15, 0.2) is 6.17 Å². The SMILES string of the molecule is COC1CC(C)C(C(=O)C2CCC(C3CCC(C)CC3)CC2)C(F)C1F. The van der Waals surface area contributed by atoms with Crippen LogP contribution in [-0.2, 0) is 9.53 Å². The van der Waals surface area contributed by atoms with E-state index in [-0.39, 0.29) is 17.6 Å². The van der Waals surface area contributed by atoms with Crippen LogP contribution in [0.15, 0.2) is 0 Å². The summed E-state index contributed by atoms with van der Waals surface area (Å²) >= 11 is 0. The van der Waals surface area contributed by atoms with Gasteiger partial charge in [0.2, 0.25) is 0 Å². The fourth-order valence-corrected chi connectivity index (χ4v) is 5.93. The summed E-state index contributed by atoms with van der Waals surface area (Å²) in [5.41, 5.74) is 0. The summed E-state index contributed by atoms with van der Waals surface area (Å²) in [5.74, 6) is 1.41. The zero-order chi connectivity index (χ0) is 18.8. The average Bonchev–Trinajstić information content (AvgIpc) is 2.65. The predicted octanol–water partition coefficient (Wildman–Crippen LogP) is 5.54. The van der Waals surface area contributed by atoms with Gasteiger partial charge in [-0.1, -0.05) is 26.7 Å². The third-order valence-electron chi connectivity index (χ3n) is 7.75. The second-order valence-electron chi connectivity index (χ2n) is 9.44. The lowest BCUT2D eigenvalue weighted by Crippen LogP contribution is -2.50. The van der Waals surface area contributed by atoms with Gasteiger partial charge in [0.25, 0.3) is 0 Å². The van der Waals surface area contributed by atoms with Gasteiger partial charge in [0.05, 0.1) is 12.0 Å². The first kappa shape index (κ1) is 20.2. The van der Waals surface area contributed by atoms with E-state index in [0.717, 1.165) is 43.4 Å². The van der Waals surface area contributed by atoms with Crippen molar-refractivity contribution in [2.75, 3.05) is 7.11 Å². The maximum Gasteiger partial charge on any atom is 0.158 e. The second-order valence-corrected chi connectivity index (χ2v) is 9.44. The molecule has 0 spiro atoms. The van der Waals surface area contributed by atoms with Crippen LogP contribution in [0, 0.1) is 35.5 Å². The number of halogens is 2. The lowest BCUT2D eigenvalue weighted by Gasteiger charge is -2.41. The Hall–Kier alpha value is -0.510. The Morgan fingerprint density at radius 1 is 0.846 bits per heavy atom. The van der Waals surface area contributed by atoms with E-state index in [4.69, 9.17) is 4.74 Å². The molecule has 3 rings (SSSR count).